The van der Waals surface area contributed by atoms with Crippen molar-refractivity contribution in [3.05, 3.63) is 35.9 Å². The van der Waals surface area contributed by atoms with Gasteiger partial charge in [0.05, 0.1) is 23.9 Å². The van der Waals surface area contributed by atoms with E-state index in [-0.39, 0.29) is 23.5 Å². The van der Waals surface area contributed by atoms with Gasteiger partial charge in [-0.05, 0) is 86.5 Å². The molecule has 1 unspecified atom stereocenters. The van der Waals surface area contributed by atoms with E-state index < -0.39 is 16.6 Å². The minimum Gasteiger partial charge on any atom is -0.389 e. The van der Waals surface area contributed by atoms with Crippen molar-refractivity contribution in [1.29, 1.82) is 0 Å². The highest BCUT2D eigenvalue weighted by Crippen LogP contribution is 2.71. The molecule has 0 amide bonds. The maximum atomic E-state index is 12.4. The highest BCUT2D eigenvalue weighted by atomic mass is 16.5. The van der Waals surface area contributed by atoms with Crippen LogP contribution in [0.5, 0.6) is 0 Å². The Bertz CT molecular complexity index is 851. The third kappa shape index (κ3) is 3.37. The van der Waals surface area contributed by atoms with E-state index in [0.29, 0.717) is 37.8 Å². The van der Waals surface area contributed by atoms with E-state index in [1.54, 1.807) is 0 Å². The monoisotopic (exact) mass is 456 g/mol. The van der Waals surface area contributed by atoms with Crippen molar-refractivity contribution in [3.63, 3.8) is 0 Å². The molecule has 0 radical (unpaired) electrons. The average molecular weight is 457 g/mol. The first-order chi connectivity index (χ1) is 15.7. The lowest BCUT2D eigenvalue weighted by Crippen LogP contribution is -2.64. The molecule has 1 aromatic carbocycles. The van der Waals surface area contributed by atoms with Crippen LogP contribution in [0.25, 0.3) is 0 Å². The van der Waals surface area contributed by atoms with Gasteiger partial charge in [0.15, 0.2) is 0 Å². The van der Waals surface area contributed by atoms with Crippen LogP contribution in [0.15, 0.2) is 30.3 Å². The molecule has 4 aliphatic rings. The number of hydrogen-bond acceptors (Lipinski definition) is 5. The minimum atomic E-state index is -0.959. The predicted octanol–water partition coefficient (Wildman–Crippen LogP) is 3.70. The summed E-state index contributed by atoms with van der Waals surface area (Å²) in [6, 6.07) is 10.0. The van der Waals surface area contributed by atoms with Gasteiger partial charge in [-0.15, -0.1) is 0 Å². The number of benzene rings is 1. The lowest BCUT2D eigenvalue weighted by atomic mass is 9.43. The average Bonchev–Trinajstić information content (AvgIpc) is 3.05. The van der Waals surface area contributed by atoms with Gasteiger partial charge in [0.2, 0.25) is 0 Å². The Labute approximate surface area is 199 Å². The Morgan fingerprint density at radius 3 is 2.45 bits per heavy atom. The summed E-state index contributed by atoms with van der Waals surface area (Å²) < 4.78 is 6.16. The fourth-order valence-corrected chi connectivity index (χ4v) is 8.86. The molecule has 4 saturated carbocycles. The molecule has 9 atom stereocenters. The highest BCUT2D eigenvalue weighted by molar-refractivity contribution is 5.32. The zero-order chi connectivity index (χ0) is 23.5. The van der Waals surface area contributed by atoms with Gasteiger partial charge in [-0.25, -0.2) is 0 Å². The molecule has 0 spiro atoms. The molecular formula is C28H44N2O3. The summed E-state index contributed by atoms with van der Waals surface area (Å²) in [6.45, 7) is 5.67. The second-order valence-electron chi connectivity index (χ2n) is 12.2. The van der Waals surface area contributed by atoms with Crippen molar-refractivity contribution in [2.24, 2.45) is 40.1 Å². The van der Waals surface area contributed by atoms with Crippen molar-refractivity contribution in [2.75, 3.05) is 13.2 Å². The fraction of sp³-hybridized carbons (Fsp3) is 0.786. The van der Waals surface area contributed by atoms with Gasteiger partial charge in [0.1, 0.15) is 0 Å². The van der Waals surface area contributed by atoms with E-state index in [1.807, 2.05) is 30.3 Å². The van der Waals surface area contributed by atoms with Crippen LogP contribution in [-0.4, -0.2) is 41.1 Å². The summed E-state index contributed by atoms with van der Waals surface area (Å²) in [5, 5.41) is 24.4. The van der Waals surface area contributed by atoms with Gasteiger partial charge in [-0.1, -0.05) is 44.2 Å². The number of rotatable bonds is 5. The number of aliphatic hydroxyl groups is 2. The smallest absolute Gasteiger partial charge is 0.0978 e. The molecule has 5 rings (SSSR count). The van der Waals surface area contributed by atoms with Crippen molar-refractivity contribution in [3.8, 4) is 0 Å². The lowest BCUT2D eigenvalue weighted by Gasteiger charge is -2.64. The standard InChI is InChI=1S/C28H44N2O3/c1-25-12-10-22(33-18-21(30)17-29)16-20(25)8-9-24-23(25)11-13-26(2)27(31,14-15-28(24,26)32)19-6-4-3-5-7-19/h3-7,20-24,31-32H,8-18,29-30H2,1-2H3/t20-,21?,22+,23+,24-,25+,26-,27+,28+/m1/s1. The van der Waals surface area contributed by atoms with Gasteiger partial charge in [-0.2, -0.15) is 0 Å². The zero-order valence-corrected chi connectivity index (χ0v) is 20.5. The van der Waals surface area contributed by atoms with Gasteiger partial charge in [0, 0.05) is 18.0 Å². The molecule has 0 saturated heterocycles. The molecular weight excluding hydrogens is 412 g/mol. The van der Waals surface area contributed by atoms with E-state index in [2.05, 4.69) is 13.8 Å². The second kappa shape index (κ2) is 8.30. The van der Waals surface area contributed by atoms with E-state index >= 15 is 0 Å². The lowest BCUT2D eigenvalue weighted by molar-refractivity contribution is -0.239. The van der Waals surface area contributed by atoms with Gasteiger partial charge < -0.3 is 26.4 Å². The largest absolute Gasteiger partial charge is 0.389 e. The summed E-state index contributed by atoms with van der Waals surface area (Å²) in [7, 11) is 0. The minimum absolute atomic E-state index is 0.0787. The van der Waals surface area contributed by atoms with Crippen molar-refractivity contribution in [2.45, 2.75) is 95.0 Å². The first-order valence-electron chi connectivity index (χ1n) is 13.3. The molecule has 5 nitrogen and oxygen atoms in total. The fourth-order valence-electron chi connectivity index (χ4n) is 8.86. The maximum absolute atomic E-state index is 12.4. The first-order valence-corrected chi connectivity index (χ1v) is 13.3. The highest BCUT2D eigenvalue weighted by Gasteiger charge is 2.71. The molecule has 184 valence electrons. The summed E-state index contributed by atoms with van der Waals surface area (Å²) in [5.41, 5.74) is 10.6. The summed E-state index contributed by atoms with van der Waals surface area (Å²) in [5.74, 6) is 1.41. The number of fused-ring (bicyclic) bond motifs is 5. The molecule has 5 heteroatoms. The topological polar surface area (TPSA) is 102 Å². The van der Waals surface area contributed by atoms with Crippen LogP contribution in [0.2, 0.25) is 0 Å². The van der Waals surface area contributed by atoms with Crippen LogP contribution in [0.3, 0.4) is 0 Å². The number of ether oxygens (including phenoxy) is 1. The van der Waals surface area contributed by atoms with Crippen LogP contribution >= 0.6 is 0 Å². The summed E-state index contributed by atoms with van der Waals surface area (Å²) in [6.07, 6.45) is 9.10. The molecule has 0 heterocycles. The molecule has 4 aliphatic carbocycles. The number of hydrogen-bond donors (Lipinski definition) is 4. The van der Waals surface area contributed by atoms with Crippen LogP contribution in [0, 0.1) is 28.6 Å². The van der Waals surface area contributed by atoms with Crippen LogP contribution in [0.4, 0.5) is 0 Å². The van der Waals surface area contributed by atoms with Crippen molar-refractivity contribution >= 4 is 0 Å². The van der Waals surface area contributed by atoms with E-state index in [4.69, 9.17) is 16.2 Å². The second-order valence-corrected chi connectivity index (χ2v) is 12.2. The van der Waals surface area contributed by atoms with Gasteiger partial charge in [-0.3, -0.25) is 0 Å². The molecule has 4 fully saturated rings. The summed E-state index contributed by atoms with van der Waals surface area (Å²) >= 11 is 0. The Kier molecular flexibility index (Phi) is 5.98. The van der Waals surface area contributed by atoms with E-state index in [9.17, 15) is 10.2 Å². The van der Waals surface area contributed by atoms with Crippen LogP contribution in [0.1, 0.15) is 77.2 Å². The number of nitrogens with two attached hydrogens (primary N) is 2. The Morgan fingerprint density at radius 1 is 0.970 bits per heavy atom. The SMILES string of the molecule is C[C@]12CC[C@H](OCC(N)CN)C[C@H]1CC[C@@H]1[C@@H]2CC[C@]2(C)[C@@](O)(c3ccccc3)CC[C@]12O. The third-order valence-corrected chi connectivity index (χ3v) is 11.0. The molecule has 6 N–H and O–H groups in total. The molecule has 0 aliphatic heterocycles. The third-order valence-electron chi connectivity index (χ3n) is 11.0. The normalized spacial score (nSPS) is 47.9. The van der Waals surface area contributed by atoms with E-state index in [0.717, 1.165) is 50.5 Å². The van der Waals surface area contributed by atoms with Crippen LogP contribution in [-0.2, 0) is 10.3 Å². The zero-order valence-electron chi connectivity index (χ0n) is 20.5. The predicted molar refractivity (Wildman–Crippen MR) is 130 cm³/mol. The van der Waals surface area contributed by atoms with Gasteiger partial charge in [0.25, 0.3) is 0 Å². The quantitative estimate of drug-likeness (QED) is 0.541. The Hall–Kier alpha value is -0.980. The van der Waals surface area contributed by atoms with E-state index in [1.165, 1.54) is 0 Å². The molecule has 1 aromatic rings. The Morgan fingerprint density at radius 2 is 1.73 bits per heavy atom. The maximum Gasteiger partial charge on any atom is 0.0978 e. The Balaban J connectivity index is 1.37. The molecule has 33 heavy (non-hydrogen) atoms. The molecule has 0 aromatic heterocycles. The molecule has 0 bridgehead atoms. The van der Waals surface area contributed by atoms with Crippen molar-refractivity contribution < 1.29 is 14.9 Å². The summed E-state index contributed by atoms with van der Waals surface area (Å²) in [4.78, 5) is 0. The van der Waals surface area contributed by atoms with Gasteiger partial charge >= 0.3 is 0 Å². The first kappa shape index (κ1) is 23.7. The van der Waals surface area contributed by atoms with Crippen molar-refractivity contribution in [1.82, 2.24) is 0 Å². The van der Waals surface area contributed by atoms with Crippen LogP contribution < -0.4 is 11.5 Å².